The fraction of sp³-hybridized carbons (Fsp3) is 0.667. The minimum atomic E-state index is 0.626. The Labute approximate surface area is 85.5 Å². The molecule has 1 fully saturated rings. The molecule has 0 aromatic carbocycles. The highest BCUT2D eigenvalue weighted by molar-refractivity contribution is 5.41. The average Bonchev–Trinajstić information content (AvgIpc) is 2.59. The van der Waals surface area contributed by atoms with E-state index in [1.807, 2.05) is 0 Å². The molecule has 0 aromatic heterocycles. The molecule has 3 atom stereocenters. The van der Waals surface area contributed by atoms with Crippen LogP contribution in [0.1, 0.15) is 33.1 Å². The zero-order chi connectivity index (χ0) is 9.71. The van der Waals surface area contributed by atoms with Crippen molar-refractivity contribution in [3.8, 4) is 0 Å². The van der Waals surface area contributed by atoms with Crippen molar-refractivity contribution >= 4 is 0 Å². The van der Waals surface area contributed by atoms with Crippen molar-refractivity contribution in [1.29, 1.82) is 0 Å². The highest BCUT2D eigenvalue weighted by Crippen LogP contribution is 2.35. The van der Waals surface area contributed by atoms with E-state index in [0.29, 0.717) is 18.1 Å². The normalized spacial score (nSPS) is 40.4. The molecular weight excluding hydrogens is 172 g/mol. The molecule has 0 saturated carbocycles. The van der Waals surface area contributed by atoms with Crippen molar-refractivity contribution < 1.29 is 0 Å². The fourth-order valence-electron chi connectivity index (χ4n) is 3.01. The highest BCUT2D eigenvalue weighted by atomic mass is 15.0. The molecule has 2 nitrogen and oxygen atoms in total. The second-order valence-electron chi connectivity index (χ2n) is 5.00. The third-order valence-corrected chi connectivity index (χ3v) is 3.58. The van der Waals surface area contributed by atoms with Crippen LogP contribution in [-0.4, -0.2) is 18.1 Å². The average molecular weight is 190 g/mol. The SMILES string of the molecule is CC1CC2=C(CC3NC(C)CC3=C2)N1. The topological polar surface area (TPSA) is 24.1 Å². The van der Waals surface area contributed by atoms with Crippen LogP contribution in [0.15, 0.2) is 22.9 Å². The highest BCUT2D eigenvalue weighted by Gasteiger charge is 2.32. The van der Waals surface area contributed by atoms with Crippen LogP contribution in [-0.2, 0) is 0 Å². The van der Waals surface area contributed by atoms with Crippen LogP contribution in [0.5, 0.6) is 0 Å². The quantitative estimate of drug-likeness (QED) is 0.607. The van der Waals surface area contributed by atoms with E-state index in [0.717, 1.165) is 0 Å². The largest absolute Gasteiger partial charge is 0.385 e. The van der Waals surface area contributed by atoms with Crippen molar-refractivity contribution in [3.05, 3.63) is 22.9 Å². The van der Waals surface area contributed by atoms with E-state index in [1.54, 1.807) is 11.1 Å². The second-order valence-corrected chi connectivity index (χ2v) is 5.00. The molecule has 0 radical (unpaired) electrons. The van der Waals surface area contributed by atoms with Crippen LogP contribution in [0.2, 0.25) is 0 Å². The van der Waals surface area contributed by atoms with Crippen LogP contribution < -0.4 is 10.6 Å². The first-order valence-corrected chi connectivity index (χ1v) is 5.67. The Kier molecular flexibility index (Phi) is 1.75. The molecule has 1 saturated heterocycles. The smallest absolute Gasteiger partial charge is 0.0340 e. The standard InChI is InChI=1S/C12H18N2/c1-7-3-9-5-10-4-8(2)14-12(10)6-11(9)13-7/h5,7-8,11,13-14H,3-4,6H2,1-2H3. The summed E-state index contributed by atoms with van der Waals surface area (Å²) in [4.78, 5) is 0. The van der Waals surface area contributed by atoms with Crippen LogP contribution in [0.25, 0.3) is 0 Å². The number of hydrogen-bond donors (Lipinski definition) is 2. The van der Waals surface area contributed by atoms with Crippen molar-refractivity contribution in [1.82, 2.24) is 10.6 Å². The first kappa shape index (κ1) is 8.54. The number of allylic oxidation sites excluding steroid dienone is 1. The van der Waals surface area contributed by atoms with E-state index in [2.05, 4.69) is 30.6 Å². The maximum Gasteiger partial charge on any atom is 0.0340 e. The van der Waals surface area contributed by atoms with E-state index in [1.165, 1.54) is 25.0 Å². The van der Waals surface area contributed by atoms with E-state index >= 15 is 0 Å². The van der Waals surface area contributed by atoms with E-state index in [-0.39, 0.29) is 0 Å². The predicted molar refractivity (Wildman–Crippen MR) is 57.9 cm³/mol. The van der Waals surface area contributed by atoms with Crippen molar-refractivity contribution in [3.63, 3.8) is 0 Å². The molecule has 3 rings (SSSR count). The third kappa shape index (κ3) is 1.21. The van der Waals surface area contributed by atoms with Gasteiger partial charge in [-0.15, -0.1) is 0 Å². The maximum atomic E-state index is 3.64. The fourth-order valence-corrected chi connectivity index (χ4v) is 3.01. The summed E-state index contributed by atoms with van der Waals surface area (Å²) in [6, 6.07) is 1.94. The molecule has 2 heterocycles. The van der Waals surface area contributed by atoms with Gasteiger partial charge in [-0.05, 0) is 32.3 Å². The van der Waals surface area contributed by atoms with Crippen molar-refractivity contribution in [2.24, 2.45) is 0 Å². The van der Waals surface area contributed by atoms with Gasteiger partial charge in [-0.3, -0.25) is 0 Å². The third-order valence-electron chi connectivity index (χ3n) is 3.58. The lowest BCUT2D eigenvalue weighted by Crippen LogP contribution is -2.31. The zero-order valence-corrected chi connectivity index (χ0v) is 8.93. The van der Waals surface area contributed by atoms with Gasteiger partial charge in [0.2, 0.25) is 0 Å². The molecule has 2 N–H and O–H groups in total. The van der Waals surface area contributed by atoms with Gasteiger partial charge < -0.3 is 10.6 Å². The summed E-state index contributed by atoms with van der Waals surface area (Å²) in [5, 5.41) is 7.22. The van der Waals surface area contributed by atoms with Crippen LogP contribution >= 0.6 is 0 Å². The van der Waals surface area contributed by atoms with Gasteiger partial charge >= 0.3 is 0 Å². The summed E-state index contributed by atoms with van der Waals surface area (Å²) in [7, 11) is 0. The lowest BCUT2D eigenvalue weighted by atomic mass is 9.92. The number of fused-ring (bicyclic) bond motifs is 1. The summed E-state index contributed by atoms with van der Waals surface area (Å²) in [6.45, 7) is 4.54. The van der Waals surface area contributed by atoms with E-state index in [4.69, 9.17) is 0 Å². The molecule has 0 spiro atoms. The maximum absolute atomic E-state index is 3.64. The minimum absolute atomic E-state index is 0.626. The summed E-state index contributed by atoms with van der Waals surface area (Å²) >= 11 is 0. The first-order chi connectivity index (χ1) is 6.72. The Morgan fingerprint density at radius 2 is 2.00 bits per heavy atom. The molecule has 0 amide bonds. The Morgan fingerprint density at radius 3 is 2.86 bits per heavy atom. The molecule has 0 aromatic rings. The number of rotatable bonds is 0. The Bertz CT molecular complexity index is 327. The lowest BCUT2D eigenvalue weighted by Gasteiger charge is -2.20. The number of nitrogens with one attached hydrogen (secondary N) is 2. The molecule has 14 heavy (non-hydrogen) atoms. The molecule has 2 aliphatic heterocycles. The molecule has 3 aliphatic rings. The van der Waals surface area contributed by atoms with Gasteiger partial charge in [0, 0.05) is 30.2 Å². The molecule has 1 aliphatic carbocycles. The van der Waals surface area contributed by atoms with Crippen LogP contribution in [0, 0.1) is 0 Å². The first-order valence-electron chi connectivity index (χ1n) is 5.67. The minimum Gasteiger partial charge on any atom is -0.385 e. The Hall–Kier alpha value is -0.760. The lowest BCUT2D eigenvalue weighted by molar-refractivity contribution is 0.554. The van der Waals surface area contributed by atoms with Crippen molar-refractivity contribution in [2.45, 2.75) is 51.2 Å². The number of hydrogen-bond acceptors (Lipinski definition) is 2. The molecular formula is C12H18N2. The van der Waals surface area contributed by atoms with Gasteiger partial charge in [0.25, 0.3) is 0 Å². The Balaban J connectivity index is 1.87. The summed E-state index contributed by atoms with van der Waals surface area (Å²) in [5.74, 6) is 0. The summed E-state index contributed by atoms with van der Waals surface area (Å²) < 4.78 is 0. The summed E-state index contributed by atoms with van der Waals surface area (Å²) in [5.41, 5.74) is 4.69. The summed E-state index contributed by atoms with van der Waals surface area (Å²) in [6.07, 6.45) is 6.10. The monoisotopic (exact) mass is 190 g/mol. The second kappa shape index (κ2) is 2.86. The molecule has 0 bridgehead atoms. The predicted octanol–water partition coefficient (Wildman–Crippen LogP) is 1.70. The van der Waals surface area contributed by atoms with Gasteiger partial charge in [0.15, 0.2) is 0 Å². The molecule has 2 heteroatoms. The van der Waals surface area contributed by atoms with Gasteiger partial charge in [0.1, 0.15) is 0 Å². The van der Waals surface area contributed by atoms with E-state index in [9.17, 15) is 0 Å². The van der Waals surface area contributed by atoms with Gasteiger partial charge in [-0.1, -0.05) is 11.6 Å². The molecule has 76 valence electrons. The van der Waals surface area contributed by atoms with Crippen LogP contribution in [0.3, 0.4) is 0 Å². The van der Waals surface area contributed by atoms with Gasteiger partial charge in [0.05, 0.1) is 0 Å². The molecule has 3 unspecified atom stereocenters. The van der Waals surface area contributed by atoms with Crippen molar-refractivity contribution in [2.75, 3.05) is 0 Å². The van der Waals surface area contributed by atoms with E-state index < -0.39 is 0 Å². The zero-order valence-electron chi connectivity index (χ0n) is 8.93. The van der Waals surface area contributed by atoms with Crippen LogP contribution in [0.4, 0.5) is 0 Å². The van der Waals surface area contributed by atoms with Gasteiger partial charge in [-0.2, -0.15) is 0 Å². The Morgan fingerprint density at radius 1 is 1.14 bits per heavy atom. The van der Waals surface area contributed by atoms with Gasteiger partial charge in [-0.25, -0.2) is 0 Å².